The van der Waals surface area contributed by atoms with Crippen LogP contribution in [0.15, 0.2) is 54.9 Å². The van der Waals surface area contributed by atoms with Crippen molar-refractivity contribution in [1.29, 1.82) is 0 Å². The van der Waals surface area contributed by atoms with Gasteiger partial charge in [0.2, 0.25) is 0 Å². The van der Waals surface area contributed by atoms with Crippen LogP contribution in [-0.2, 0) is 22.1 Å². The van der Waals surface area contributed by atoms with Crippen LogP contribution >= 0.6 is 0 Å². The first kappa shape index (κ1) is 25.5. The molecule has 0 saturated heterocycles. The molecule has 7 nitrogen and oxygen atoms in total. The lowest BCUT2D eigenvalue weighted by atomic mass is 10.1. The van der Waals surface area contributed by atoms with E-state index in [1.807, 2.05) is 60.9 Å². The highest BCUT2D eigenvalue weighted by atomic mass is 32.2. The molecule has 0 fully saturated rings. The Balaban J connectivity index is 1.66. The number of unbranched alkanes of at least 4 members (excludes halogenated alkanes) is 2. The standard InChI is InChI=1S/C26H34N4O3S/c1-4-5-9-15-27-26(31)29-24-20(2)11-10-14-23(24)18-34(32,33)17-16-30-19-28-25(21(30)3)22-12-7-6-8-13-22/h6-8,10-14,19H,4-5,9,15-18H2,1-3H3,(H2,27,29,31). The molecule has 2 N–H and O–H groups in total. The molecule has 0 saturated carbocycles. The van der Waals surface area contributed by atoms with E-state index in [1.54, 1.807) is 12.4 Å². The summed E-state index contributed by atoms with van der Waals surface area (Å²) in [6, 6.07) is 15.0. The summed E-state index contributed by atoms with van der Waals surface area (Å²) < 4.78 is 27.9. The van der Waals surface area contributed by atoms with Crippen molar-refractivity contribution >= 4 is 21.6 Å². The zero-order valence-corrected chi connectivity index (χ0v) is 21.0. The van der Waals surface area contributed by atoms with Crippen molar-refractivity contribution in [3.63, 3.8) is 0 Å². The second-order valence-corrected chi connectivity index (χ2v) is 10.7. The normalized spacial score (nSPS) is 11.4. The van der Waals surface area contributed by atoms with Crippen LogP contribution in [0.2, 0.25) is 0 Å². The van der Waals surface area contributed by atoms with Crippen molar-refractivity contribution in [2.24, 2.45) is 0 Å². The maximum absolute atomic E-state index is 13.0. The van der Waals surface area contributed by atoms with Gasteiger partial charge in [0.15, 0.2) is 9.84 Å². The van der Waals surface area contributed by atoms with Crippen LogP contribution in [0.1, 0.15) is 43.0 Å². The first-order chi connectivity index (χ1) is 16.3. The number of hydrogen-bond donors (Lipinski definition) is 2. The van der Waals surface area contributed by atoms with Crippen LogP contribution in [0.25, 0.3) is 11.3 Å². The molecule has 0 radical (unpaired) electrons. The number of carbonyl (C=O) groups is 1. The number of carbonyl (C=O) groups excluding carboxylic acids is 1. The summed E-state index contributed by atoms with van der Waals surface area (Å²) in [5.41, 5.74) is 4.77. The SMILES string of the molecule is CCCCCNC(=O)Nc1c(C)cccc1CS(=O)(=O)CCn1cnc(-c2ccccc2)c1C. The molecule has 3 aromatic rings. The predicted octanol–water partition coefficient (Wildman–Crippen LogP) is 5.09. The van der Waals surface area contributed by atoms with E-state index in [9.17, 15) is 13.2 Å². The Morgan fingerprint density at radius 2 is 1.79 bits per heavy atom. The average Bonchev–Trinajstić information content (AvgIpc) is 3.18. The number of para-hydroxylation sites is 1. The summed E-state index contributed by atoms with van der Waals surface area (Å²) in [5.74, 6) is -0.158. The van der Waals surface area contributed by atoms with Crippen LogP contribution in [-0.4, -0.2) is 36.3 Å². The molecule has 0 aliphatic heterocycles. The number of urea groups is 1. The Kier molecular flexibility index (Phi) is 8.87. The van der Waals surface area contributed by atoms with Crippen molar-refractivity contribution < 1.29 is 13.2 Å². The molecule has 2 aromatic carbocycles. The molecule has 0 aliphatic rings. The molecule has 182 valence electrons. The van der Waals surface area contributed by atoms with Crippen molar-refractivity contribution in [2.75, 3.05) is 17.6 Å². The summed E-state index contributed by atoms with van der Waals surface area (Å²) in [6.07, 6.45) is 4.74. The summed E-state index contributed by atoms with van der Waals surface area (Å²) in [7, 11) is -3.42. The lowest BCUT2D eigenvalue weighted by Crippen LogP contribution is -2.30. The zero-order valence-electron chi connectivity index (χ0n) is 20.2. The number of nitrogens with one attached hydrogen (secondary N) is 2. The summed E-state index contributed by atoms with van der Waals surface area (Å²) in [6.45, 7) is 6.83. The van der Waals surface area contributed by atoms with Crippen LogP contribution in [0.3, 0.4) is 0 Å². The first-order valence-corrected chi connectivity index (χ1v) is 13.5. The Labute approximate surface area is 202 Å². The quantitative estimate of drug-likeness (QED) is 0.372. The molecule has 8 heteroatoms. The van der Waals surface area contributed by atoms with Gasteiger partial charge in [0.25, 0.3) is 0 Å². The molecule has 1 heterocycles. The average molecular weight is 483 g/mol. The largest absolute Gasteiger partial charge is 0.338 e. The fraction of sp³-hybridized carbons (Fsp3) is 0.385. The van der Waals surface area contributed by atoms with Gasteiger partial charge in [0, 0.05) is 30.0 Å². The second-order valence-electron chi connectivity index (χ2n) is 8.53. The summed E-state index contributed by atoms with van der Waals surface area (Å²) in [5, 5.41) is 5.70. The van der Waals surface area contributed by atoms with E-state index in [0.29, 0.717) is 24.3 Å². The Morgan fingerprint density at radius 1 is 1.03 bits per heavy atom. The lowest BCUT2D eigenvalue weighted by Gasteiger charge is -2.15. The monoisotopic (exact) mass is 482 g/mol. The topological polar surface area (TPSA) is 93.1 Å². The van der Waals surface area contributed by atoms with Crippen LogP contribution in [0.4, 0.5) is 10.5 Å². The minimum Gasteiger partial charge on any atom is -0.338 e. The van der Waals surface area contributed by atoms with Gasteiger partial charge >= 0.3 is 6.03 Å². The van der Waals surface area contributed by atoms with Gasteiger partial charge in [-0.05, 0) is 31.4 Å². The maximum Gasteiger partial charge on any atom is 0.319 e. The number of sulfone groups is 1. The van der Waals surface area contributed by atoms with Gasteiger partial charge in [-0.15, -0.1) is 0 Å². The minimum atomic E-state index is -3.42. The number of anilines is 1. The van der Waals surface area contributed by atoms with Gasteiger partial charge in [-0.2, -0.15) is 0 Å². The highest BCUT2D eigenvalue weighted by molar-refractivity contribution is 7.90. The highest BCUT2D eigenvalue weighted by Gasteiger charge is 2.18. The van der Waals surface area contributed by atoms with E-state index in [1.165, 1.54) is 0 Å². The molecule has 34 heavy (non-hydrogen) atoms. The number of hydrogen-bond acceptors (Lipinski definition) is 4. The van der Waals surface area contributed by atoms with Crippen molar-refractivity contribution in [3.8, 4) is 11.3 Å². The molecular formula is C26H34N4O3S. The number of amides is 2. The third-order valence-corrected chi connectivity index (χ3v) is 7.38. The van der Waals surface area contributed by atoms with Gasteiger partial charge in [0.05, 0.1) is 23.5 Å². The molecule has 0 spiro atoms. The van der Waals surface area contributed by atoms with Gasteiger partial charge < -0.3 is 15.2 Å². The molecule has 2 amide bonds. The Morgan fingerprint density at radius 3 is 2.53 bits per heavy atom. The van der Waals surface area contributed by atoms with Gasteiger partial charge in [-0.25, -0.2) is 18.2 Å². The fourth-order valence-electron chi connectivity index (χ4n) is 3.86. The summed E-state index contributed by atoms with van der Waals surface area (Å²) in [4.78, 5) is 16.8. The van der Waals surface area contributed by atoms with E-state index >= 15 is 0 Å². The number of aryl methyl sites for hydroxylation is 2. The number of nitrogens with zero attached hydrogens (tertiary/aromatic N) is 2. The number of rotatable bonds is 11. The number of benzene rings is 2. The third kappa shape index (κ3) is 6.93. The van der Waals surface area contributed by atoms with Crippen LogP contribution < -0.4 is 10.6 Å². The molecule has 0 bridgehead atoms. The molecule has 0 atom stereocenters. The number of imidazole rings is 1. The first-order valence-electron chi connectivity index (χ1n) is 11.7. The Bertz CT molecular complexity index is 1200. The smallest absolute Gasteiger partial charge is 0.319 e. The zero-order chi connectivity index (χ0) is 24.6. The highest BCUT2D eigenvalue weighted by Crippen LogP contribution is 2.24. The van der Waals surface area contributed by atoms with Crippen molar-refractivity contribution in [2.45, 2.75) is 52.3 Å². The minimum absolute atomic E-state index is 0.0188. The molecule has 0 unspecified atom stereocenters. The fourth-order valence-corrected chi connectivity index (χ4v) is 5.19. The molecule has 0 aliphatic carbocycles. The van der Waals surface area contributed by atoms with E-state index in [2.05, 4.69) is 22.5 Å². The van der Waals surface area contributed by atoms with E-state index in [-0.39, 0.29) is 17.5 Å². The maximum atomic E-state index is 13.0. The van der Waals surface area contributed by atoms with Gasteiger partial charge in [-0.3, -0.25) is 0 Å². The van der Waals surface area contributed by atoms with Crippen molar-refractivity contribution in [3.05, 3.63) is 71.7 Å². The molecule has 1 aromatic heterocycles. The van der Waals surface area contributed by atoms with Crippen LogP contribution in [0.5, 0.6) is 0 Å². The lowest BCUT2D eigenvalue weighted by molar-refractivity contribution is 0.252. The van der Waals surface area contributed by atoms with E-state index < -0.39 is 9.84 Å². The van der Waals surface area contributed by atoms with Crippen LogP contribution in [0, 0.1) is 13.8 Å². The predicted molar refractivity (Wildman–Crippen MR) is 138 cm³/mol. The van der Waals surface area contributed by atoms with E-state index in [4.69, 9.17) is 0 Å². The van der Waals surface area contributed by atoms with Gasteiger partial charge in [0.1, 0.15) is 0 Å². The number of aromatic nitrogens is 2. The van der Waals surface area contributed by atoms with E-state index in [0.717, 1.165) is 41.8 Å². The molecule has 3 rings (SSSR count). The third-order valence-electron chi connectivity index (χ3n) is 5.83. The molecular weight excluding hydrogens is 448 g/mol. The second kappa shape index (κ2) is 11.8. The van der Waals surface area contributed by atoms with Crippen molar-refractivity contribution in [1.82, 2.24) is 14.9 Å². The van der Waals surface area contributed by atoms with Gasteiger partial charge in [-0.1, -0.05) is 68.3 Å². The summed E-state index contributed by atoms with van der Waals surface area (Å²) >= 11 is 0. The Hall–Kier alpha value is -3.13.